The summed E-state index contributed by atoms with van der Waals surface area (Å²) in [5, 5.41) is 0.988. The topological polar surface area (TPSA) is 93.1 Å². The smallest absolute Gasteiger partial charge is 0.269 e. The van der Waals surface area contributed by atoms with E-state index in [9.17, 15) is 14.4 Å². The monoisotopic (exact) mass is 488 g/mol. The number of rotatable bonds is 6. The number of fused-ring (bicyclic) bond motifs is 1. The minimum atomic E-state index is -0.403. The number of hydrogen-bond acceptors (Lipinski definition) is 5. The van der Waals surface area contributed by atoms with Crippen LogP contribution in [-0.2, 0) is 11.3 Å². The van der Waals surface area contributed by atoms with Crippen LogP contribution < -0.4 is 16.4 Å². The van der Waals surface area contributed by atoms with Gasteiger partial charge in [0.25, 0.3) is 11.5 Å². The lowest BCUT2D eigenvalue weighted by Crippen LogP contribution is -2.42. The predicted molar refractivity (Wildman–Crippen MR) is 121 cm³/mol. The molecule has 0 saturated heterocycles. The molecule has 1 aromatic heterocycles. The van der Waals surface area contributed by atoms with E-state index in [1.165, 1.54) is 0 Å². The Balaban J connectivity index is 1.73. The second-order valence-corrected chi connectivity index (χ2v) is 8.88. The van der Waals surface area contributed by atoms with E-state index in [-0.39, 0.29) is 17.2 Å². The van der Waals surface area contributed by atoms with Crippen molar-refractivity contribution < 1.29 is 9.59 Å². The first-order chi connectivity index (χ1) is 14.3. The van der Waals surface area contributed by atoms with Crippen molar-refractivity contribution in [3.63, 3.8) is 0 Å². The van der Waals surface area contributed by atoms with Gasteiger partial charge in [0.15, 0.2) is 5.16 Å². The normalized spacial score (nSPS) is 10.9. The van der Waals surface area contributed by atoms with Crippen molar-refractivity contribution in [1.29, 1.82) is 0 Å². The molecule has 0 aliphatic heterocycles. The lowest BCUT2D eigenvalue weighted by Gasteiger charge is -2.15. The maximum atomic E-state index is 13.0. The highest BCUT2D eigenvalue weighted by Gasteiger charge is 2.15. The number of halogens is 1. The SMILES string of the molecule is CC(C)Cn1c(SCC(=O)NNC(=O)c2ccccc2)nc2ccc(Br)cc2c1=O. The molecule has 0 saturated carbocycles. The Morgan fingerprint density at radius 1 is 1.13 bits per heavy atom. The maximum absolute atomic E-state index is 13.0. The molecule has 0 radical (unpaired) electrons. The van der Waals surface area contributed by atoms with Crippen molar-refractivity contribution in [2.75, 3.05) is 5.75 Å². The quantitative estimate of drug-likeness (QED) is 0.315. The molecule has 0 fully saturated rings. The molecule has 0 aliphatic rings. The number of carbonyl (C=O) groups excluding carboxylic acids is 2. The van der Waals surface area contributed by atoms with Crippen molar-refractivity contribution in [2.24, 2.45) is 5.92 Å². The highest BCUT2D eigenvalue weighted by Crippen LogP contribution is 2.21. The first-order valence-electron chi connectivity index (χ1n) is 9.32. The third-order valence-electron chi connectivity index (χ3n) is 4.11. The van der Waals surface area contributed by atoms with Gasteiger partial charge in [-0.3, -0.25) is 29.8 Å². The molecule has 0 unspecified atom stereocenters. The minimum absolute atomic E-state index is 0.00163. The van der Waals surface area contributed by atoms with Crippen LogP contribution in [0.3, 0.4) is 0 Å². The average molecular weight is 489 g/mol. The van der Waals surface area contributed by atoms with Crippen molar-refractivity contribution in [2.45, 2.75) is 25.5 Å². The van der Waals surface area contributed by atoms with Crippen LogP contribution in [-0.4, -0.2) is 27.1 Å². The number of aromatic nitrogens is 2. The molecule has 3 aromatic rings. The standard InChI is InChI=1S/C21H21BrN4O3S/c1-13(2)11-26-20(29)16-10-15(22)8-9-17(16)23-21(26)30-12-18(27)24-25-19(28)14-6-4-3-5-7-14/h3-10,13H,11-12H2,1-2H3,(H,24,27)(H,25,28). The molecule has 0 aliphatic carbocycles. The van der Waals surface area contributed by atoms with E-state index in [2.05, 4.69) is 31.8 Å². The first-order valence-corrected chi connectivity index (χ1v) is 11.1. The fraction of sp³-hybridized carbons (Fsp3) is 0.238. The van der Waals surface area contributed by atoms with Crippen LogP contribution in [0.2, 0.25) is 0 Å². The number of amides is 2. The number of nitrogens with zero attached hydrogens (tertiary/aromatic N) is 2. The number of hydrazine groups is 1. The minimum Gasteiger partial charge on any atom is -0.287 e. The number of hydrogen-bond donors (Lipinski definition) is 2. The van der Waals surface area contributed by atoms with E-state index in [1.807, 2.05) is 19.9 Å². The summed E-state index contributed by atoms with van der Waals surface area (Å²) >= 11 is 4.54. The zero-order chi connectivity index (χ0) is 21.7. The van der Waals surface area contributed by atoms with Crippen molar-refractivity contribution in [3.05, 3.63) is 68.9 Å². The zero-order valence-corrected chi connectivity index (χ0v) is 18.9. The molecule has 2 aromatic carbocycles. The van der Waals surface area contributed by atoms with E-state index in [4.69, 9.17) is 0 Å². The molecule has 156 valence electrons. The van der Waals surface area contributed by atoms with Crippen LogP contribution in [0.5, 0.6) is 0 Å². The van der Waals surface area contributed by atoms with Gasteiger partial charge in [0.05, 0.1) is 16.7 Å². The summed E-state index contributed by atoms with van der Waals surface area (Å²) in [6.07, 6.45) is 0. The maximum Gasteiger partial charge on any atom is 0.269 e. The highest BCUT2D eigenvalue weighted by atomic mass is 79.9. The van der Waals surface area contributed by atoms with Crippen LogP contribution in [0.1, 0.15) is 24.2 Å². The first kappa shape index (κ1) is 22.0. The number of thioether (sulfide) groups is 1. The summed E-state index contributed by atoms with van der Waals surface area (Å²) in [6.45, 7) is 4.51. The summed E-state index contributed by atoms with van der Waals surface area (Å²) in [6, 6.07) is 13.9. The van der Waals surface area contributed by atoms with Gasteiger partial charge in [-0.15, -0.1) is 0 Å². The Hall–Kier alpha value is -2.65. The van der Waals surface area contributed by atoms with Crippen LogP contribution in [0.15, 0.2) is 63.0 Å². The van der Waals surface area contributed by atoms with Crippen LogP contribution in [0.25, 0.3) is 10.9 Å². The van der Waals surface area contributed by atoms with E-state index in [0.717, 1.165) is 16.2 Å². The Kier molecular flexibility index (Phi) is 7.28. The fourth-order valence-electron chi connectivity index (χ4n) is 2.76. The Labute approximate surface area is 186 Å². The summed E-state index contributed by atoms with van der Waals surface area (Å²) in [7, 11) is 0. The van der Waals surface area contributed by atoms with E-state index in [0.29, 0.717) is 28.2 Å². The van der Waals surface area contributed by atoms with Crippen LogP contribution in [0, 0.1) is 5.92 Å². The van der Waals surface area contributed by atoms with Gasteiger partial charge in [-0.25, -0.2) is 4.98 Å². The van der Waals surface area contributed by atoms with Gasteiger partial charge in [0.1, 0.15) is 0 Å². The fourth-order valence-corrected chi connectivity index (χ4v) is 3.93. The molecule has 2 amide bonds. The second kappa shape index (κ2) is 9.90. The molecule has 7 nitrogen and oxygen atoms in total. The molecule has 3 rings (SSSR count). The van der Waals surface area contributed by atoms with Crippen LogP contribution in [0.4, 0.5) is 0 Å². The Bertz CT molecular complexity index is 1130. The van der Waals surface area contributed by atoms with Gasteiger partial charge in [-0.05, 0) is 36.2 Å². The number of carbonyl (C=O) groups is 2. The van der Waals surface area contributed by atoms with Gasteiger partial charge in [-0.1, -0.05) is 59.7 Å². The molecule has 9 heteroatoms. The van der Waals surface area contributed by atoms with Crippen molar-refractivity contribution >= 4 is 50.4 Å². The van der Waals surface area contributed by atoms with Crippen molar-refractivity contribution in [3.8, 4) is 0 Å². The predicted octanol–water partition coefficient (Wildman–Crippen LogP) is 3.37. The van der Waals surface area contributed by atoms with E-state index >= 15 is 0 Å². The summed E-state index contributed by atoms with van der Waals surface area (Å²) in [5.41, 5.74) is 5.65. The van der Waals surface area contributed by atoms with Gasteiger partial charge in [-0.2, -0.15) is 0 Å². The third kappa shape index (κ3) is 5.48. The average Bonchev–Trinajstić information content (AvgIpc) is 2.73. The van der Waals surface area contributed by atoms with E-state index in [1.54, 1.807) is 47.0 Å². The van der Waals surface area contributed by atoms with Crippen LogP contribution >= 0.6 is 27.7 Å². The second-order valence-electron chi connectivity index (χ2n) is 7.02. The molecular weight excluding hydrogens is 468 g/mol. The molecule has 0 bridgehead atoms. The third-order valence-corrected chi connectivity index (χ3v) is 5.58. The summed E-state index contributed by atoms with van der Waals surface area (Å²) < 4.78 is 2.40. The lowest BCUT2D eigenvalue weighted by atomic mass is 10.2. The largest absolute Gasteiger partial charge is 0.287 e. The van der Waals surface area contributed by atoms with Gasteiger partial charge in [0, 0.05) is 16.6 Å². The Morgan fingerprint density at radius 3 is 2.57 bits per heavy atom. The highest BCUT2D eigenvalue weighted by molar-refractivity contribution is 9.10. The summed E-state index contributed by atoms with van der Waals surface area (Å²) in [4.78, 5) is 41.8. The molecule has 1 heterocycles. The molecule has 2 N–H and O–H groups in total. The lowest BCUT2D eigenvalue weighted by molar-refractivity contribution is -0.119. The van der Waals surface area contributed by atoms with Gasteiger partial charge < -0.3 is 0 Å². The number of benzene rings is 2. The molecule has 0 atom stereocenters. The van der Waals surface area contributed by atoms with Crippen molar-refractivity contribution in [1.82, 2.24) is 20.4 Å². The molecular formula is C21H21BrN4O3S. The zero-order valence-electron chi connectivity index (χ0n) is 16.5. The summed E-state index contributed by atoms with van der Waals surface area (Å²) in [5.74, 6) is -0.570. The molecule has 0 spiro atoms. The Morgan fingerprint density at radius 2 is 1.87 bits per heavy atom. The van der Waals surface area contributed by atoms with Gasteiger partial charge in [0.2, 0.25) is 5.91 Å². The number of nitrogens with one attached hydrogen (secondary N) is 2. The van der Waals surface area contributed by atoms with E-state index < -0.39 is 11.8 Å². The van der Waals surface area contributed by atoms with Gasteiger partial charge >= 0.3 is 0 Å². The molecule has 30 heavy (non-hydrogen) atoms.